The lowest BCUT2D eigenvalue weighted by Crippen LogP contribution is -2.40. The number of hydrogen-bond donors (Lipinski definition) is 2. The lowest BCUT2D eigenvalue weighted by Gasteiger charge is -2.23. The van der Waals surface area contributed by atoms with Gasteiger partial charge in [-0.2, -0.15) is 5.10 Å². The fourth-order valence-electron chi connectivity index (χ4n) is 3.07. The predicted molar refractivity (Wildman–Crippen MR) is 111 cm³/mol. The quantitative estimate of drug-likeness (QED) is 0.674. The van der Waals surface area contributed by atoms with E-state index in [0.29, 0.717) is 0 Å². The second-order valence-electron chi connectivity index (χ2n) is 6.91. The van der Waals surface area contributed by atoms with Gasteiger partial charge in [0.15, 0.2) is 0 Å². The Kier molecular flexibility index (Phi) is 5.77. The minimum absolute atomic E-state index is 0.0255. The van der Waals surface area contributed by atoms with Crippen LogP contribution in [-0.2, 0) is 11.8 Å². The number of benzene rings is 1. The Balaban J connectivity index is 1.79. The summed E-state index contributed by atoms with van der Waals surface area (Å²) in [5.74, 6) is -0.0668. The Morgan fingerprint density at radius 1 is 1.15 bits per heavy atom. The molecule has 0 aliphatic carbocycles. The Morgan fingerprint density at radius 2 is 1.85 bits per heavy atom. The molecule has 0 spiro atoms. The van der Waals surface area contributed by atoms with E-state index in [1.807, 2.05) is 33.9 Å². The molecule has 0 saturated heterocycles. The number of carbonyl (C=O) groups excluding carboxylic acids is 1. The summed E-state index contributed by atoms with van der Waals surface area (Å²) < 4.78 is 1.78. The fraction of sp³-hybridized carbons (Fsp3) is 0.333. The molecule has 142 valence electrons. The normalized spacial score (nSPS) is 13.4. The molecular formula is C21H26N4OS. The maximum atomic E-state index is 12.8. The van der Waals surface area contributed by atoms with Crippen LogP contribution >= 0.6 is 11.3 Å². The SMILES string of the molecule is Cc1ccc([C@H](N[C@@H](C)C(=O)Nc2c(C)nn(C)c2C)c2cccs2)cc1. The molecule has 3 rings (SSSR count). The highest BCUT2D eigenvalue weighted by molar-refractivity contribution is 7.10. The monoisotopic (exact) mass is 382 g/mol. The highest BCUT2D eigenvalue weighted by Gasteiger charge is 2.23. The van der Waals surface area contributed by atoms with Gasteiger partial charge in [-0.15, -0.1) is 11.3 Å². The number of carbonyl (C=O) groups is 1. The third-order valence-electron chi connectivity index (χ3n) is 4.81. The summed E-state index contributed by atoms with van der Waals surface area (Å²) in [5.41, 5.74) is 4.93. The lowest BCUT2D eigenvalue weighted by atomic mass is 10.0. The molecule has 0 aliphatic heterocycles. The van der Waals surface area contributed by atoms with Gasteiger partial charge in [-0.05, 0) is 44.7 Å². The smallest absolute Gasteiger partial charge is 0.241 e. The van der Waals surface area contributed by atoms with Crippen molar-refractivity contribution in [2.75, 3.05) is 5.32 Å². The van der Waals surface area contributed by atoms with Crippen molar-refractivity contribution in [2.24, 2.45) is 7.05 Å². The standard InChI is InChI=1S/C21H26N4OS/c1-13-8-10-17(11-9-13)20(18-7-6-12-27-18)22-15(3)21(26)23-19-14(2)24-25(5)16(19)4/h6-12,15,20,22H,1-5H3,(H,23,26)/t15-,20-/m0/s1. The molecule has 0 radical (unpaired) electrons. The Bertz CT molecular complexity index is 913. The van der Waals surface area contributed by atoms with Crippen LogP contribution in [0.15, 0.2) is 41.8 Å². The zero-order chi connectivity index (χ0) is 19.6. The molecular weight excluding hydrogens is 356 g/mol. The molecule has 2 aromatic heterocycles. The van der Waals surface area contributed by atoms with Crippen LogP contribution in [0.4, 0.5) is 5.69 Å². The van der Waals surface area contributed by atoms with E-state index in [1.165, 1.54) is 10.4 Å². The molecule has 27 heavy (non-hydrogen) atoms. The molecule has 0 fully saturated rings. The number of amides is 1. The number of thiophene rings is 1. The number of aryl methyl sites for hydroxylation is 3. The molecule has 6 heteroatoms. The molecule has 3 aromatic rings. The van der Waals surface area contributed by atoms with Crippen LogP contribution in [0.3, 0.4) is 0 Å². The molecule has 1 aromatic carbocycles. The van der Waals surface area contributed by atoms with Crippen LogP contribution in [0.2, 0.25) is 0 Å². The largest absolute Gasteiger partial charge is 0.322 e. The van der Waals surface area contributed by atoms with Crippen LogP contribution < -0.4 is 10.6 Å². The number of rotatable bonds is 6. The van der Waals surface area contributed by atoms with Gasteiger partial charge in [-0.25, -0.2) is 0 Å². The minimum Gasteiger partial charge on any atom is -0.322 e. The van der Waals surface area contributed by atoms with E-state index in [-0.39, 0.29) is 18.0 Å². The number of nitrogens with one attached hydrogen (secondary N) is 2. The third-order valence-corrected chi connectivity index (χ3v) is 5.74. The first-order valence-corrected chi connectivity index (χ1v) is 9.92. The first-order valence-electron chi connectivity index (χ1n) is 9.04. The van der Waals surface area contributed by atoms with Gasteiger partial charge in [-0.1, -0.05) is 35.9 Å². The maximum Gasteiger partial charge on any atom is 0.241 e. The van der Waals surface area contributed by atoms with E-state index in [2.05, 4.69) is 58.4 Å². The van der Waals surface area contributed by atoms with Crippen LogP contribution in [0.5, 0.6) is 0 Å². The number of aromatic nitrogens is 2. The maximum absolute atomic E-state index is 12.8. The fourth-order valence-corrected chi connectivity index (χ4v) is 3.88. The van der Waals surface area contributed by atoms with Gasteiger partial charge in [0.25, 0.3) is 0 Å². The van der Waals surface area contributed by atoms with Gasteiger partial charge < -0.3 is 5.32 Å². The topological polar surface area (TPSA) is 59.0 Å². The summed E-state index contributed by atoms with van der Waals surface area (Å²) in [7, 11) is 1.88. The first kappa shape index (κ1) is 19.3. The summed E-state index contributed by atoms with van der Waals surface area (Å²) in [6.45, 7) is 7.83. The van der Waals surface area contributed by atoms with Gasteiger partial charge in [0.1, 0.15) is 0 Å². The Labute approximate surface area is 164 Å². The van der Waals surface area contributed by atoms with Crippen molar-refractivity contribution in [1.82, 2.24) is 15.1 Å². The highest BCUT2D eigenvalue weighted by Crippen LogP contribution is 2.27. The van der Waals surface area contributed by atoms with E-state index in [1.54, 1.807) is 16.0 Å². The molecule has 0 saturated carbocycles. The van der Waals surface area contributed by atoms with Gasteiger partial charge in [0.05, 0.1) is 29.2 Å². The van der Waals surface area contributed by atoms with Crippen LogP contribution in [-0.4, -0.2) is 21.7 Å². The lowest BCUT2D eigenvalue weighted by molar-refractivity contribution is -0.117. The molecule has 5 nitrogen and oxygen atoms in total. The number of nitrogens with zero attached hydrogens (tertiary/aromatic N) is 2. The van der Waals surface area contributed by atoms with Crippen molar-refractivity contribution in [3.05, 3.63) is 69.2 Å². The van der Waals surface area contributed by atoms with Gasteiger partial charge in [-0.3, -0.25) is 14.8 Å². The summed E-state index contributed by atoms with van der Waals surface area (Å²) in [6, 6.07) is 12.2. The molecule has 0 bridgehead atoms. The minimum atomic E-state index is -0.364. The Morgan fingerprint density at radius 3 is 2.41 bits per heavy atom. The summed E-state index contributed by atoms with van der Waals surface area (Å²) in [6.07, 6.45) is 0. The van der Waals surface area contributed by atoms with Crippen molar-refractivity contribution in [3.8, 4) is 0 Å². The second kappa shape index (κ2) is 8.06. The Hall–Kier alpha value is -2.44. The zero-order valence-corrected chi connectivity index (χ0v) is 17.2. The van der Waals surface area contributed by atoms with E-state index >= 15 is 0 Å². The predicted octanol–water partition coefficient (Wildman–Crippen LogP) is 4.11. The average Bonchev–Trinajstić information content (AvgIpc) is 3.25. The van der Waals surface area contributed by atoms with Crippen LogP contribution in [0.25, 0.3) is 0 Å². The van der Waals surface area contributed by atoms with Crippen molar-refractivity contribution in [3.63, 3.8) is 0 Å². The molecule has 0 aliphatic rings. The highest BCUT2D eigenvalue weighted by atomic mass is 32.1. The van der Waals surface area contributed by atoms with Crippen molar-refractivity contribution >= 4 is 22.9 Å². The van der Waals surface area contributed by atoms with Crippen LogP contribution in [0, 0.1) is 20.8 Å². The van der Waals surface area contributed by atoms with Gasteiger partial charge in [0.2, 0.25) is 5.91 Å². The van der Waals surface area contributed by atoms with E-state index in [0.717, 1.165) is 22.6 Å². The third kappa shape index (κ3) is 4.28. The van der Waals surface area contributed by atoms with E-state index in [4.69, 9.17) is 0 Å². The summed E-state index contributed by atoms with van der Waals surface area (Å²) in [5, 5.41) is 12.9. The summed E-state index contributed by atoms with van der Waals surface area (Å²) >= 11 is 1.69. The number of hydrogen-bond acceptors (Lipinski definition) is 4. The molecule has 1 amide bonds. The zero-order valence-electron chi connectivity index (χ0n) is 16.4. The van der Waals surface area contributed by atoms with Gasteiger partial charge in [0, 0.05) is 11.9 Å². The molecule has 0 unspecified atom stereocenters. The number of anilines is 1. The second-order valence-corrected chi connectivity index (χ2v) is 7.89. The molecule has 2 N–H and O–H groups in total. The van der Waals surface area contributed by atoms with E-state index < -0.39 is 0 Å². The summed E-state index contributed by atoms with van der Waals surface area (Å²) in [4.78, 5) is 14.0. The first-order chi connectivity index (χ1) is 12.9. The van der Waals surface area contributed by atoms with Crippen molar-refractivity contribution < 1.29 is 4.79 Å². The van der Waals surface area contributed by atoms with Gasteiger partial charge >= 0.3 is 0 Å². The van der Waals surface area contributed by atoms with E-state index in [9.17, 15) is 4.79 Å². The molecule has 2 heterocycles. The average molecular weight is 383 g/mol. The molecule has 2 atom stereocenters. The van der Waals surface area contributed by atoms with Crippen LogP contribution in [0.1, 0.15) is 40.4 Å². The van der Waals surface area contributed by atoms with Crippen molar-refractivity contribution in [2.45, 2.75) is 39.8 Å². The van der Waals surface area contributed by atoms with Crippen molar-refractivity contribution in [1.29, 1.82) is 0 Å².